The Labute approximate surface area is 155 Å². The maximum absolute atomic E-state index is 12.1. The number of carbonyl (C=O) groups excluding carboxylic acids is 1. The Morgan fingerprint density at radius 3 is 2.54 bits per heavy atom. The van der Waals surface area contributed by atoms with E-state index in [4.69, 9.17) is 0 Å². The summed E-state index contributed by atoms with van der Waals surface area (Å²) < 4.78 is 0. The Kier molecular flexibility index (Phi) is 6.45. The van der Waals surface area contributed by atoms with Crippen molar-refractivity contribution in [3.05, 3.63) is 71.8 Å². The molecule has 136 valence electrons. The fourth-order valence-corrected chi connectivity index (χ4v) is 3.22. The molecule has 0 atom stereocenters. The number of nitrogens with zero attached hydrogens (tertiary/aromatic N) is 1. The molecule has 0 unspecified atom stereocenters. The van der Waals surface area contributed by atoms with Gasteiger partial charge in [0.15, 0.2) is 0 Å². The van der Waals surface area contributed by atoms with Crippen LogP contribution in [0, 0.1) is 0 Å². The largest absolute Gasteiger partial charge is 0.508 e. The molecule has 2 aromatic rings. The summed E-state index contributed by atoms with van der Waals surface area (Å²) in [4.78, 5) is 14.3. The van der Waals surface area contributed by atoms with Crippen molar-refractivity contribution in [3.8, 4) is 5.75 Å². The van der Waals surface area contributed by atoms with Gasteiger partial charge >= 0.3 is 0 Å². The number of phenols is 1. The van der Waals surface area contributed by atoms with Crippen LogP contribution in [0.3, 0.4) is 0 Å². The third-order valence-electron chi connectivity index (χ3n) is 4.71. The number of amides is 1. The Balaban J connectivity index is 1.37. The predicted molar refractivity (Wildman–Crippen MR) is 105 cm³/mol. The summed E-state index contributed by atoms with van der Waals surface area (Å²) in [5.74, 6) is 0.385. The second kappa shape index (κ2) is 9.20. The molecule has 0 spiro atoms. The summed E-state index contributed by atoms with van der Waals surface area (Å²) in [5.41, 5.74) is 3.74. The monoisotopic (exact) mass is 350 g/mol. The first-order chi connectivity index (χ1) is 12.7. The predicted octanol–water partition coefficient (Wildman–Crippen LogP) is 3.23. The van der Waals surface area contributed by atoms with E-state index in [2.05, 4.69) is 28.4 Å². The Morgan fingerprint density at radius 1 is 1.08 bits per heavy atom. The maximum atomic E-state index is 12.1. The van der Waals surface area contributed by atoms with Crippen LogP contribution in [0.4, 0.5) is 0 Å². The molecule has 4 heteroatoms. The highest BCUT2D eigenvalue weighted by Crippen LogP contribution is 2.23. The molecular weight excluding hydrogens is 324 g/mol. The number of aryl methyl sites for hydroxylation is 1. The summed E-state index contributed by atoms with van der Waals surface area (Å²) in [6.07, 6.45) is 5.05. The lowest BCUT2D eigenvalue weighted by Gasteiger charge is -2.26. The molecule has 0 fully saturated rings. The molecule has 2 aromatic carbocycles. The fraction of sp³-hybridized carbons (Fsp3) is 0.318. The number of phenolic OH excluding ortho intramolecular Hbond substituents is 1. The van der Waals surface area contributed by atoms with E-state index >= 15 is 0 Å². The minimum Gasteiger partial charge on any atom is -0.508 e. The quantitative estimate of drug-likeness (QED) is 0.754. The molecule has 0 aliphatic carbocycles. The van der Waals surface area contributed by atoms with Gasteiger partial charge in [-0.2, -0.15) is 0 Å². The molecule has 1 amide bonds. The lowest BCUT2D eigenvalue weighted by molar-refractivity contribution is -0.122. The van der Waals surface area contributed by atoms with Gasteiger partial charge in [0.25, 0.3) is 0 Å². The minimum atomic E-state index is 0.0968. The van der Waals surface area contributed by atoms with Crippen molar-refractivity contribution in [2.45, 2.75) is 19.3 Å². The average Bonchev–Trinajstić information content (AvgIpc) is 2.67. The van der Waals surface area contributed by atoms with Gasteiger partial charge in [0.1, 0.15) is 5.75 Å². The SMILES string of the molecule is O=C(CN1CC=C(c2ccc(O)cc2)CC1)NCCCc1ccccc1. The number of aromatic hydroxyl groups is 1. The number of nitrogens with one attached hydrogen (secondary N) is 1. The third kappa shape index (κ3) is 5.46. The highest BCUT2D eigenvalue weighted by atomic mass is 16.3. The lowest BCUT2D eigenvalue weighted by Crippen LogP contribution is -2.39. The molecule has 1 aliphatic heterocycles. The molecule has 0 aromatic heterocycles. The minimum absolute atomic E-state index is 0.0968. The molecular formula is C22H26N2O2. The summed E-state index contributed by atoms with van der Waals surface area (Å²) >= 11 is 0. The highest BCUT2D eigenvalue weighted by Gasteiger charge is 2.15. The number of carbonyl (C=O) groups is 1. The Morgan fingerprint density at radius 2 is 1.85 bits per heavy atom. The third-order valence-corrected chi connectivity index (χ3v) is 4.71. The van der Waals surface area contributed by atoms with E-state index in [0.29, 0.717) is 6.54 Å². The standard InChI is InChI=1S/C22H26N2O2/c25-21-10-8-19(9-11-21)20-12-15-24(16-13-20)17-22(26)23-14-4-7-18-5-2-1-3-6-18/h1-3,5-6,8-12,25H,4,7,13-17H2,(H,23,26). The summed E-state index contributed by atoms with van der Waals surface area (Å²) in [6, 6.07) is 17.7. The smallest absolute Gasteiger partial charge is 0.234 e. The van der Waals surface area contributed by atoms with Gasteiger partial charge in [-0.15, -0.1) is 0 Å². The second-order valence-corrected chi connectivity index (χ2v) is 6.70. The number of hydrogen-bond acceptors (Lipinski definition) is 3. The summed E-state index contributed by atoms with van der Waals surface area (Å²) in [5, 5.41) is 12.4. The van der Waals surface area contributed by atoms with Crippen molar-refractivity contribution < 1.29 is 9.90 Å². The molecule has 1 aliphatic rings. The highest BCUT2D eigenvalue weighted by molar-refractivity contribution is 5.78. The zero-order valence-corrected chi connectivity index (χ0v) is 15.0. The van der Waals surface area contributed by atoms with Crippen molar-refractivity contribution >= 4 is 11.5 Å². The number of benzene rings is 2. The topological polar surface area (TPSA) is 52.6 Å². The lowest BCUT2D eigenvalue weighted by atomic mass is 9.99. The second-order valence-electron chi connectivity index (χ2n) is 6.70. The molecule has 0 bridgehead atoms. The van der Waals surface area contributed by atoms with Gasteiger partial charge in [0.05, 0.1) is 6.54 Å². The van der Waals surface area contributed by atoms with Crippen LogP contribution >= 0.6 is 0 Å². The van der Waals surface area contributed by atoms with Crippen molar-refractivity contribution in [1.82, 2.24) is 10.2 Å². The summed E-state index contributed by atoms with van der Waals surface area (Å²) in [6.45, 7) is 2.83. The molecule has 4 nitrogen and oxygen atoms in total. The van der Waals surface area contributed by atoms with Crippen molar-refractivity contribution in [1.29, 1.82) is 0 Å². The van der Waals surface area contributed by atoms with Gasteiger partial charge in [-0.25, -0.2) is 0 Å². The first-order valence-electron chi connectivity index (χ1n) is 9.22. The first-order valence-corrected chi connectivity index (χ1v) is 9.22. The molecule has 2 N–H and O–H groups in total. The molecule has 3 rings (SSSR count). The van der Waals surface area contributed by atoms with Gasteiger partial charge in [-0.3, -0.25) is 9.69 Å². The van der Waals surface area contributed by atoms with Gasteiger partial charge < -0.3 is 10.4 Å². The zero-order chi connectivity index (χ0) is 18.2. The van der Waals surface area contributed by atoms with Crippen LogP contribution in [0.5, 0.6) is 5.75 Å². The maximum Gasteiger partial charge on any atom is 0.234 e. The van der Waals surface area contributed by atoms with Gasteiger partial charge in [-0.05, 0) is 48.1 Å². The molecule has 0 saturated heterocycles. The van der Waals surface area contributed by atoms with E-state index in [1.165, 1.54) is 11.1 Å². The van der Waals surface area contributed by atoms with Crippen LogP contribution in [-0.2, 0) is 11.2 Å². The van der Waals surface area contributed by atoms with Crippen LogP contribution in [0.15, 0.2) is 60.7 Å². The van der Waals surface area contributed by atoms with E-state index in [1.54, 1.807) is 12.1 Å². The molecule has 26 heavy (non-hydrogen) atoms. The normalized spacial score (nSPS) is 14.7. The van der Waals surface area contributed by atoms with E-state index in [0.717, 1.165) is 44.5 Å². The van der Waals surface area contributed by atoms with Gasteiger partial charge in [-0.1, -0.05) is 48.5 Å². The van der Waals surface area contributed by atoms with Crippen molar-refractivity contribution in [2.24, 2.45) is 0 Å². The summed E-state index contributed by atoms with van der Waals surface area (Å²) in [7, 11) is 0. The zero-order valence-electron chi connectivity index (χ0n) is 15.0. The molecule has 0 saturated carbocycles. The van der Waals surface area contributed by atoms with Crippen LogP contribution < -0.4 is 5.32 Å². The molecule has 1 heterocycles. The fourth-order valence-electron chi connectivity index (χ4n) is 3.22. The van der Waals surface area contributed by atoms with Gasteiger partial charge in [0.2, 0.25) is 5.91 Å². The molecule has 0 radical (unpaired) electrons. The number of rotatable bonds is 7. The van der Waals surface area contributed by atoms with Crippen molar-refractivity contribution in [3.63, 3.8) is 0 Å². The van der Waals surface area contributed by atoms with E-state index in [-0.39, 0.29) is 11.7 Å². The van der Waals surface area contributed by atoms with Crippen LogP contribution in [0.25, 0.3) is 5.57 Å². The Hall–Kier alpha value is -2.59. The van der Waals surface area contributed by atoms with Gasteiger partial charge in [0, 0.05) is 19.6 Å². The van der Waals surface area contributed by atoms with Crippen LogP contribution in [-0.4, -0.2) is 42.1 Å². The van der Waals surface area contributed by atoms with E-state index in [1.807, 2.05) is 30.3 Å². The Bertz CT molecular complexity index is 738. The first kappa shape index (κ1) is 18.2. The van der Waals surface area contributed by atoms with Crippen molar-refractivity contribution in [2.75, 3.05) is 26.2 Å². The number of hydrogen-bond donors (Lipinski definition) is 2. The van der Waals surface area contributed by atoms with E-state index < -0.39 is 0 Å². The van der Waals surface area contributed by atoms with Crippen LogP contribution in [0.2, 0.25) is 0 Å². The van der Waals surface area contributed by atoms with E-state index in [9.17, 15) is 9.90 Å². The van der Waals surface area contributed by atoms with Crippen LogP contribution in [0.1, 0.15) is 24.0 Å². The average molecular weight is 350 g/mol.